The van der Waals surface area contributed by atoms with Gasteiger partial charge in [0.2, 0.25) is 10.0 Å². The van der Waals surface area contributed by atoms with Crippen LogP contribution in [0.4, 0.5) is 0 Å². The van der Waals surface area contributed by atoms with Gasteiger partial charge in [-0.2, -0.15) is 4.72 Å². The first-order valence-corrected chi connectivity index (χ1v) is 8.17. The van der Waals surface area contributed by atoms with Gasteiger partial charge in [0.05, 0.1) is 5.02 Å². The number of aliphatic carboxylic acids is 1. The van der Waals surface area contributed by atoms with Gasteiger partial charge in [0.25, 0.3) is 0 Å². The minimum absolute atomic E-state index is 0.0162. The average Bonchev–Trinajstić information content (AvgIpc) is 2.35. The maximum atomic E-state index is 12.4. The molecule has 9 heteroatoms. The largest absolute Gasteiger partial charge is 0.480 e. The number of hydrogen-bond acceptors (Lipinski definition) is 4. The van der Waals surface area contributed by atoms with E-state index < -0.39 is 28.6 Å². The summed E-state index contributed by atoms with van der Waals surface area (Å²) in [5.74, 6) is -1.39. The molecule has 1 atom stereocenters. The van der Waals surface area contributed by atoms with E-state index in [2.05, 4.69) is 0 Å². The highest BCUT2D eigenvalue weighted by atomic mass is 35.5. The Morgan fingerprint density at radius 1 is 1.38 bits per heavy atom. The maximum Gasteiger partial charge on any atom is 0.321 e. The lowest BCUT2D eigenvalue weighted by molar-refractivity contribution is -0.139. The molecule has 0 saturated heterocycles. The van der Waals surface area contributed by atoms with Crippen LogP contribution in [-0.2, 0) is 14.8 Å². The van der Waals surface area contributed by atoms with Crippen molar-refractivity contribution in [2.45, 2.75) is 31.2 Å². The molecule has 1 rings (SSSR count). The van der Waals surface area contributed by atoms with Crippen LogP contribution in [0.1, 0.15) is 17.5 Å². The summed E-state index contributed by atoms with van der Waals surface area (Å²) in [4.78, 5) is 10.8. The molecule has 0 aromatic heterocycles. The summed E-state index contributed by atoms with van der Waals surface area (Å²) in [5, 5.41) is 18.0. The number of carboxylic acids is 1. The molecule has 1 aromatic carbocycles. The van der Waals surface area contributed by atoms with Crippen LogP contribution in [-0.4, -0.2) is 37.2 Å². The third kappa shape index (κ3) is 4.08. The minimum atomic E-state index is -4.19. The van der Waals surface area contributed by atoms with Gasteiger partial charge in [-0.25, -0.2) is 8.42 Å². The van der Waals surface area contributed by atoms with E-state index in [-0.39, 0.29) is 26.9 Å². The second-order valence-corrected chi connectivity index (χ2v) is 6.90. The number of aliphatic hydroxyl groups excluding tert-OH is 1. The second kappa shape index (κ2) is 6.93. The van der Waals surface area contributed by atoms with E-state index in [9.17, 15) is 13.2 Å². The molecule has 6 nitrogen and oxygen atoms in total. The Hall–Kier alpha value is -0.860. The van der Waals surface area contributed by atoms with Gasteiger partial charge in [0, 0.05) is 11.6 Å². The summed E-state index contributed by atoms with van der Waals surface area (Å²) in [6, 6.07) is 0.0791. The summed E-state index contributed by atoms with van der Waals surface area (Å²) in [6.45, 7) is 2.60. The molecule has 0 fully saturated rings. The van der Waals surface area contributed by atoms with Gasteiger partial charge in [-0.05, 0) is 37.5 Å². The fraction of sp³-hybridized carbons (Fsp3) is 0.417. The van der Waals surface area contributed by atoms with E-state index in [0.29, 0.717) is 5.56 Å². The molecule has 0 unspecified atom stereocenters. The summed E-state index contributed by atoms with van der Waals surface area (Å²) in [5.41, 5.74) is 0.689. The number of benzene rings is 1. The van der Waals surface area contributed by atoms with E-state index in [1.54, 1.807) is 6.92 Å². The van der Waals surface area contributed by atoms with Gasteiger partial charge >= 0.3 is 5.97 Å². The van der Waals surface area contributed by atoms with E-state index in [1.807, 2.05) is 4.72 Å². The van der Waals surface area contributed by atoms with Crippen LogP contribution in [0.5, 0.6) is 0 Å². The van der Waals surface area contributed by atoms with Crippen molar-refractivity contribution in [2.75, 3.05) is 6.61 Å². The molecule has 1 aromatic rings. The Balaban J connectivity index is 3.35. The fourth-order valence-electron chi connectivity index (χ4n) is 1.74. The minimum Gasteiger partial charge on any atom is -0.480 e. The molecule has 0 heterocycles. The number of nitrogens with one attached hydrogen (secondary N) is 1. The monoisotopic (exact) mass is 355 g/mol. The van der Waals surface area contributed by atoms with Gasteiger partial charge in [-0.15, -0.1) is 0 Å². The Bertz CT molecular complexity index is 634. The first-order valence-electron chi connectivity index (χ1n) is 5.93. The van der Waals surface area contributed by atoms with E-state index in [1.165, 1.54) is 13.0 Å². The van der Waals surface area contributed by atoms with Crippen molar-refractivity contribution in [3.63, 3.8) is 0 Å². The maximum absolute atomic E-state index is 12.4. The molecule has 118 valence electrons. The van der Waals surface area contributed by atoms with Crippen LogP contribution in [0.3, 0.4) is 0 Å². The number of hydrogen-bond donors (Lipinski definition) is 3. The Kier molecular flexibility index (Phi) is 6.01. The zero-order valence-electron chi connectivity index (χ0n) is 11.4. The highest BCUT2D eigenvalue weighted by molar-refractivity contribution is 7.89. The summed E-state index contributed by atoms with van der Waals surface area (Å²) < 4.78 is 26.8. The number of rotatable bonds is 6. The van der Waals surface area contributed by atoms with Crippen LogP contribution < -0.4 is 4.72 Å². The third-order valence-corrected chi connectivity index (χ3v) is 5.50. The smallest absolute Gasteiger partial charge is 0.321 e. The first-order chi connectivity index (χ1) is 9.61. The molecular weight excluding hydrogens is 341 g/mol. The topological polar surface area (TPSA) is 104 Å². The van der Waals surface area contributed by atoms with Gasteiger partial charge in [-0.1, -0.05) is 23.2 Å². The predicted molar refractivity (Wildman–Crippen MR) is 79.4 cm³/mol. The SMILES string of the molecule is Cc1cc(Cl)c(C)c(S(=O)(=O)N[C@H](CCO)C(=O)O)c1Cl. The average molecular weight is 356 g/mol. The van der Waals surface area contributed by atoms with Crippen molar-refractivity contribution in [1.29, 1.82) is 0 Å². The number of carboxylic acid groups (broad SMARTS) is 1. The van der Waals surface area contributed by atoms with Crippen molar-refractivity contribution in [3.8, 4) is 0 Å². The Morgan fingerprint density at radius 2 is 1.95 bits per heavy atom. The van der Waals surface area contributed by atoms with Gasteiger partial charge in [0.1, 0.15) is 10.9 Å². The summed E-state index contributed by atoms with van der Waals surface area (Å²) in [6.07, 6.45) is -0.259. The fourth-order valence-corrected chi connectivity index (χ4v) is 4.18. The van der Waals surface area contributed by atoms with Crippen molar-refractivity contribution < 1.29 is 23.4 Å². The quantitative estimate of drug-likeness (QED) is 0.720. The lowest BCUT2D eigenvalue weighted by Gasteiger charge is -2.17. The zero-order chi connectivity index (χ0) is 16.4. The predicted octanol–water partition coefficient (Wildman–Crippen LogP) is 1.72. The van der Waals surface area contributed by atoms with E-state index in [0.717, 1.165) is 0 Å². The molecule has 0 bridgehead atoms. The molecule has 0 aliphatic carbocycles. The van der Waals surface area contributed by atoms with Crippen LogP contribution in [0.2, 0.25) is 10.0 Å². The van der Waals surface area contributed by atoms with Gasteiger partial charge in [-0.3, -0.25) is 4.79 Å². The van der Waals surface area contributed by atoms with Crippen molar-refractivity contribution in [2.24, 2.45) is 0 Å². The molecule has 0 radical (unpaired) electrons. The Labute approximate surface area is 132 Å². The molecule has 21 heavy (non-hydrogen) atoms. The zero-order valence-corrected chi connectivity index (χ0v) is 13.7. The standard InChI is InChI=1S/C12H15Cl2NO5S/c1-6-5-8(13)7(2)11(10(6)14)21(19,20)15-9(3-4-16)12(17)18/h5,9,15-16H,3-4H2,1-2H3,(H,17,18)/t9-/m1/s1. The normalized spacial score (nSPS) is 13.2. The van der Waals surface area contributed by atoms with Crippen LogP contribution in [0, 0.1) is 13.8 Å². The first kappa shape index (κ1) is 18.2. The Morgan fingerprint density at radius 3 is 2.43 bits per heavy atom. The van der Waals surface area contributed by atoms with Crippen molar-refractivity contribution in [3.05, 3.63) is 27.2 Å². The van der Waals surface area contributed by atoms with Crippen LogP contribution in [0.25, 0.3) is 0 Å². The molecule has 3 N–H and O–H groups in total. The van der Waals surface area contributed by atoms with Gasteiger partial charge in [0.15, 0.2) is 0 Å². The number of halogens is 2. The van der Waals surface area contributed by atoms with E-state index in [4.69, 9.17) is 33.4 Å². The molecule has 0 spiro atoms. The molecular formula is C12H15Cl2NO5S. The van der Waals surface area contributed by atoms with Crippen molar-refractivity contribution >= 4 is 39.2 Å². The van der Waals surface area contributed by atoms with Crippen LogP contribution >= 0.6 is 23.2 Å². The second-order valence-electron chi connectivity index (χ2n) is 4.47. The number of aryl methyl sites for hydroxylation is 1. The summed E-state index contributed by atoms with van der Waals surface area (Å²) in [7, 11) is -4.19. The molecule has 0 amide bonds. The third-order valence-electron chi connectivity index (χ3n) is 2.87. The van der Waals surface area contributed by atoms with Crippen LogP contribution in [0.15, 0.2) is 11.0 Å². The molecule has 0 aliphatic heterocycles. The summed E-state index contributed by atoms with van der Waals surface area (Å²) >= 11 is 12.0. The van der Waals surface area contributed by atoms with Crippen molar-refractivity contribution in [1.82, 2.24) is 4.72 Å². The lowest BCUT2D eigenvalue weighted by atomic mass is 10.2. The number of sulfonamides is 1. The lowest BCUT2D eigenvalue weighted by Crippen LogP contribution is -2.41. The van der Waals surface area contributed by atoms with Gasteiger partial charge < -0.3 is 10.2 Å². The highest BCUT2D eigenvalue weighted by Gasteiger charge is 2.29. The molecule has 0 saturated carbocycles. The number of carbonyl (C=O) groups is 1. The molecule has 0 aliphatic rings. The highest BCUT2D eigenvalue weighted by Crippen LogP contribution is 2.33. The van der Waals surface area contributed by atoms with E-state index >= 15 is 0 Å². The number of aliphatic hydroxyl groups is 1.